The number of carbonyl (C=O) groups excluding carboxylic acids is 1. The molecule has 1 N–H and O–H groups in total. The molecule has 0 aliphatic carbocycles. The van der Waals surface area contributed by atoms with E-state index in [-0.39, 0.29) is 17.1 Å². The van der Waals surface area contributed by atoms with Gasteiger partial charge in [-0.3, -0.25) is 19.6 Å². The van der Waals surface area contributed by atoms with Crippen LogP contribution >= 0.6 is 11.6 Å². The summed E-state index contributed by atoms with van der Waals surface area (Å²) in [5, 5.41) is 15.4. The van der Waals surface area contributed by atoms with Gasteiger partial charge in [0.2, 0.25) is 5.91 Å². The lowest BCUT2D eigenvalue weighted by Crippen LogP contribution is -2.21. The predicted molar refractivity (Wildman–Crippen MR) is 85.4 cm³/mol. The fraction of sp³-hybridized carbons (Fsp3) is 0.286. The predicted octanol–water partition coefficient (Wildman–Crippen LogP) is 3.97. The van der Waals surface area contributed by atoms with Crippen LogP contribution in [0.3, 0.4) is 0 Å². The van der Waals surface area contributed by atoms with Gasteiger partial charge in [-0.25, -0.2) is 17.6 Å². The van der Waals surface area contributed by atoms with Crippen LogP contribution in [0.4, 0.5) is 28.9 Å². The molecule has 0 radical (unpaired) electrons. The summed E-state index contributed by atoms with van der Waals surface area (Å²) in [4.78, 5) is 22.2. The van der Waals surface area contributed by atoms with E-state index in [1.165, 1.54) is 13.2 Å². The Bertz CT molecular complexity index is 875. The molecule has 1 aromatic carbocycles. The number of alkyl halides is 4. The molecule has 8 nitrogen and oxygen atoms in total. The molecular formula is C14H11ClF4N4O4. The molecule has 146 valence electrons. The lowest BCUT2D eigenvalue weighted by atomic mass is 10.2. The maximum atomic E-state index is 13.1. The Hall–Kier alpha value is -2.89. The Morgan fingerprint density at radius 1 is 1.33 bits per heavy atom. The molecule has 0 atom stereocenters. The van der Waals surface area contributed by atoms with Gasteiger partial charge >= 0.3 is 0 Å². The van der Waals surface area contributed by atoms with E-state index < -0.39 is 46.6 Å². The first kappa shape index (κ1) is 20.4. The molecular weight excluding hydrogens is 400 g/mol. The van der Waals surface area contributed by atoms with Gasteiger partial charge in [0.15, 0.2) is 0 Å². The summed E-state index contributed by atoms with van der Waals surface area (Å²) in [6.07, 6.45) is -6.46. The molecule has 0 aliphatic heterocycles. The van der Waals surface area contributed by atoms with Crippen molar-refractivity contribution in [2.75, 3.05) is 12.4 Å². The first-order valence-corrected chi connectivity index (χ1v) is 7.47. The van der Waals surface area contributed by atoms with Gasteiger partial charge < -0.3 is 10.1 Å². The Morgan fingerprint density at radius 3 is 2.52 bits per heavy atom. The minimum absolute atomic E-state index is 0.0583. The van der Waals surface area contributed by atoms with Crippen molar-refractivity contribution in [3.63, 3.8) is 0 Å². The highest BCUT2D eigenvalue weighted by Crippen LogP contribution is 2.34. The Labute approximate surface area is 153 Å². The van der Waals surface area contributed by atoms with Gasteiger partial charge in [-0.15, -0.1) is 0 Å². The number of nitro groups is 1. The van der Waals surface area contributed by atoms with Gasteiger partial charge in [-0.1, -0.05) is 11.6 Å². The van der Waals surface area contributed by atoms with Crippen LogP contribution in [0.2, 0.25) is 5.02 Å². The van der Waals surface area contributed by atoms with Crippen LogP contribution in [-0.4, -0.2) is 27.7 Å². The van der Waals surface area contributed by atoms with Crippen LogP contribution < -0.4 is 10.1 Å². The Kier molecular flexibility index (Phi) is 6.20. The largest absolute Gasteiger partial charge is 0.496 e. The van der Waals surface area contributed by atoms with Crippen molar-refractivity contribution in [3.05, 3.63) is 44.7 Å². The first-order chi connectivity index (χ1) is 12.6. The minimum atomic E-state index is -3.25. The average Bonchev–Trinajstić information content (AvgIpc) is 2.90. The number of hydrogen-bond donors (Lipinski definition) is 1. The number of hydrogen-bond acceptors (Lipinski definition) is 5. The van der Waals surface area contributed by atoms with Crippen molar-refractivity contribution in [1.29, 1.82) is 0 Å². The number of nitro benzene ring substituents is 1. The van der Waals surface area contributed by atoms with E-state index in [1.807, 2.05) is 0 Å². The fourth-order valence-corrected chi connectivity index (χ4v) is 2.46. The first-order valence-electron chi connectivity index (χ1n) is 7.09. The van der Waals surface area contributed by atoms with Gasteiger partial charge in [0.1, 0.15) is 23.7 Å². The lowest BCUT2D eigenvalue weighted by molar-refractivity contribution is -0.384. The van der Waals surface area contributed by atoms with Crippen molar-refractivity contribution >= 4 is 28.9 Å². The topological polar surface area (TPSA) is 99.3 Å². The lowest BCUT2D eigenvalue weighted by Gasteiger charge is -2.09. The molecule has 2 rings (SSSR count). The maximum Gasteiger partial charge on any atom is 0.283 e. The molecule has 0 fully saturated rings. The highest BCUT2D eigenvalue weighted by Gasteiger charge is 2.28. The monoisotopic (exact) mass is 410 g/mol. The van der Waals surface area contributed by atoms with Crippen molar-refractivity contribution in [1.82, 2.24) is 9.78 Å². The van der Waals surface area contributed by atoms with Crippen molar-refractivity contribution in [2.24, 2.45) is 0 Å². The molecule has 0 saturated carbocycles. The normalized spacial score (nSPS) is 11.1. The highest BCUT2D eigenvalue weighted by molar-refractivity contribution is 6.32. The van der Waals surface area contributed by atoms with Gasteiger partial charge in [0.05, 0.1) is 28.8 Å². The summed E-state index contributed by atoms with van der Waals surface area (Å²) in [5.74, 6) is -0.880. The van der Waals surface area contributed by atoms with Gasteiger partial charge in [-0.05, 0) is 0 Å². The second-order valence-corrected chi connectivity index (χ2v) is 5.45. The number of non-ortho nitro benzene ring substituents is 1. The van der Waals surface area contributed by atoms with E-state index in [0.29, 0.717) is 4.68 Å². The second kappa shape index (κ2) is 8.20. The number of ether oxygens (including phenoxy) is 1. The number of nitrogens with zero attached hydrogens (tertiary/aromatic N) is 3. The van der Waals surface area contributed by atoms with Crippen molar-refractivity contribution in [3.8, 4) is 5.75 Å². The van der Waals surface area contributed by atoms with Gasteiger partial charge in [-0.2, -0.15) is 5.10 Å². The van der Waals surface area contributed by atoms with Crippen LogP contribution in [0.1, 0.15) is 24.2 Å². The van der Waals surface area contributed by atoms with E-state index in [1.54, 1.807) is 0 Å². The number of halogens is 5. The van der Waals surface area contributed by atoms with E-state index in [9.17, 15) is 32.5 Å². The van der Waals surface area contributed by atoms with E-state index in [4.69, 9.17) is 16.3 Å². The number of nitrogens with one attached hydrogen (secondary N) is 1. The SMILES string of the molecule is COc1cc(NC(=O)Cn2nc(C(F)F)c(Cl)c2C(F)F)cc([N+](=O)[O-])c1. The van der Waals surface area contributed by atoms with Crippen LogP contribution in [0.25, 0.3) is 0 Å². The third-order valence-corrected chi connectivity index (χ3v) is 3.67. The standard InChI is InChI=1S/C14H11ClF4N4O4/c1-27-8-3-6(2-7(4-8)23(25)26)20-9(24)5-22-12(14(18)19)10(15)11(21-22)13(16)17/h2-4,13-14H,5H2,1H3,(H,20,24). The van der Waals surface area contributed by atoms with Gasteiger partial charge in [0.25, 0.3) is 18.5 Å². The van der Waals surface area contributed by atoms with Crippen LogP contribution in [0, 0.1) is 10.1 Å². The summed E-state index contributed by atoms with van der Waals surface area (Å²) in [6.45, 7) is -0.864. The maximum absolute atomic E-state index is 13.1. The zero-order chi connectivity index (χ0) is 20.3. The van der Waals surface area contributed by atoms with Crippen LogP contribution in [0.5, 0.6) is 5.75 Å². The molecule has 1 aromatic heterocycles. The third kappa shape index (κ3) is 4.64. The molecule has 0 saturated heterocycles. The molecule has 13 heteroatoms. The number of methoxy groups -OCH3 is 1. The average molecular weight is 411 g/mol. The zero-order valence-electron chi connectivity index (χ0n) is 13.5. The highest BCUT2D eigenvalue weighted by atomic mass is 35.5. The number of aromatic nitrogens is 2. The number of carbonyl (C=O) groups is 1. The molecule has 0 aliphatic rings. The fourth-order valence-electron chi connectivity index (χ4n) is 2.16. The van der Waals surface area contributed by atoms with Crippen LogP contribution in [-0.2, 0) is 11.3 Å². The summed E-state index contributed by atoms with van der Waals surface area (Å²) in [5.41, 5.74) is -2.55. The number of rotatable bonds is 7. The molecule has 27 heavy (non-hydrogen) atoms. The third-order valence-electron chi connectivity index (χ3n) is 3.28. The Balaban J connectivity index is 2.27. The van der Waals surface area contributed by atoms with Crippen molar-refractivity contribution in [2.45, 2.75) is 19.4 Å². The Morgan fingerprint density at radius 2 is 2.00 bits per heavy atom. The smallest absolute Gasteiger partial charge is 0.283 e. The van der Waals surface area contributed by atoms with Crippen molar-refractivity contribution < 1.29 is 32.0 Å². The molecule has 1 heterocycles. The number of amides is 1. The zero-order valence-corrected chi connectivity index (χ0v) is 14.2. The molecule has 2 aromatic rings. The molecule has 1 amide bonds. The summed E-state index contributed by atoms with van der Waals surface area (Å²) < 4.78 is 56.9. The van der Waals surface area contributed by atoms with Crippen LogP contribution in [0.15, 0.2) is 18.2 Å². The molecule has 0 spiro atoms. The molecule has 0 unspecified atom stereocenters. The summed E-state index contributed by atoms with van der Waals surface area (Å²) in [7, 11) is 1.25. The van der Waals surface area contributed by atoms with E-state index in [0.717, 1.165) is 12.1 Å². The quantitative estimate of drug-likeness (QED) is 0.423. The number of benzene rings is 1. The minimum Gasteiger partial charge on any atom is -0.496 e. The van der Waals surface area contributed by atoms with E-state index >= 15 is 0 Å². The van der Waals surface area contributed by atoms with E-state index in [2.05, 4.69) is 10.4 Å². The van der Waals surface area contributed by atoms with Gasteiger partial charge in [0, 0.05) is 12.1 Å². The second-order valence-electron chi connectivity index (χ2n) is 5.07. The summed E-state index contributed by atoms with van der Waals surface area (Å²) in [6, 6.07) is 3.36. The summed E-state index contributed by atoms with van der Waals surface area (Å²) >= 11 is 5.49. The number of anilines is 1. The molecule has 0 bridgehead atoms.